The van der Waals surface area contributed by atoms with Crippen LogP contribution in [0.25, 0.3) is 0 Å². The molecule has 0 aliphatic carbocycles. The van der Waals surface area contributed by atoms with Gasteiger partial charge in [-0.2, -0.15) is 0 Å². The molecule has 0 heterocycles. The topological polar surface area (TPSA) is 37.3 Å². The van der Waals surface area contributed by atoms with Gasteiger partial charge in [0, 0.05) is 5.92 Å². The predicted molar refractivity (Wildman–Crippen MR) is 49.9 cm³/mol. The molecule has 2 heteroatoms. The first-order valence-electron chi connectivity index (χ1n) is 4.39. The van der Waals surface area contributed by atoms with E-state index in [2.05, 4.69) is 0 Å². The summed E-state index contributed by atoms with van der Waals surface area (Å²) in [5, 5.41) is 9.84. The second-order valence-electron chi connectivity index (χ2n) is 3.42. The Morgan fingerprint density at radius 3 is 2.58 bits per heavy atom. The molecule has 0 aliphatic heterocycles. The van der Waals surface area contributed by atoms with Crippen LogP contribution in [-0.2, 0) is 4.79 Å². The normalized spacial score (nSPS) is 19.0. The molecule has 0 saturated heterocycles. The maximum Gasteiger partial charge on any atom is 0.142 e. The minimum absolute atomic E-state index is 0.0302. The Labute approximate surface area is 74.3 Å². The van der Waals surface area contributed by atoms with E-state index >= 15 is 0 Å². The lowest BCUT2D eigenvalue weighted by Gasteiger charge is -2.27. The first kappa shape index (κ1) is 11.4. The first-order valence-corrected chi connectivity index (χ1v) is 4.39. The fourth-order valence-electron chi connectivity index (χ4n) is 1.15. The Morgan fingerprint density at radius 2 is 2.17 bits per heavy atom. The number of aldehydes is 1. The minimum atomic E-state index is -0.686. The van der Waals surface area contributed by atoms with Gasteiger partial charge < -0.3 is 5.11 Å². The summed E-state index contributed by atoms with van der Waals surface area (Å²) in [4.78, 5) is 10.0. The molecule has 12 heavy (non-hydrogen) atoms. The molecule has 1 N–H and O–H groups in total. The lowest BCUT2D eigenvalue weighted by atomic mass is 9.86. The van der Waals surface area contributed by atoms with E-state index in [4.69, 9.17) is 0 Å². The van der Waals surface area contributed by atoms with Gasteiger partial charge in [-0.15, -0.1) is 0 Å². The summed E-state index contributed by atoms with van der Waals surface area (Å²) in [6, 6.07) is 0. The van der Waals surface area contributed by atoms with Crippen LogP contribution in [-0.4, -0.2) is 17.0 Å². The van der Waals surface area contributed by atoms with Crippen molar-refractivity contribution in [1.29, 1.82) is 0 Å². The standard InChI is InChI=1S/C10H18O2/c1-4-7-10(3,12)9(2)6-5-8-11/h5-6,8-9,12H,4,7H2,1-3H3/b6-5+. The van der Waals surface area contributed by atoms with Gasteiger partial charge in [0.1, 0.15) is 6.29 Å². The van der Waals surface area contributed by atoms with Crippen LogP contribution in [0.1, 0.15) is 33.6 Å². The third-order valence-corrected chi connectivity index (χ3v) is 2.22. The van der Waals surface area contributed by atoms with Gasteiger partial charge in [-0.25, -0.2) is 0 Å². The molecule has 0 saturated carbocycles. The van der Waals surface area contributed by atoms with Crippen LogP contribution < -0.4 is 0 Å². The van der Waals surface area contributed by atoms with Gasteiger partial charge in [0.2, 0.25) is 0 Å². The van der Waals surface area contributed by atoms with Crippen molar-refractivity contribution in [3.05, 3.63) is 12.2 Å². The van der Waals surface area contributed by atoms with E-state index in [0.29, 0.717) is 0 Å². The highest BCUT2D eigenvalue weighted by Gasteiger charge is 2.24. The molecule has 2 atom stereocenters. The van der Waals surface area contributed by atoms with Gasteiger partial charge in [-0.1, -0.05) is 26.3 Å². The van der Waals surface area contributed by atoms with Crippen LogP contribution in [0.2, 0.25) is 0 Å². The van der Waals surface area contributed by atoms with Crippen molar-refractivity contribution >= 4 is 6.29 Å². The van der Waals surface area contributed by atoms with E-state index in [0.717, 1.165) is 19.1 Å². The average molecular weight is 170 g/mol. The van der Waals surface area contributed by atoms with Crippen molar-refractivity contribution in [3.63, 3.8) is 0 Å². The fourth-order valence-corrected chi connectivity index (χ4v) is 1.15. The number of aliphatic hydroxyl groups is 1. The molecule has 0 spiro atoms. The number of allylic oxidation sites excluding steroid dienone is 1. The van der Waals surface area contributed by atoms with Crippen molar-refractivity contribution in [2.75, 3.05) is 0 Å². The summed E-state index contributed by atoms with van der Waals surface area (Å²) in [7, 11) is 0. The Morgan fingerprint density at radius 1 is 1.58 bits per heavy atom. The molecule has 0 rings (SSSR count). The molecule has 0 aromatic rings. The van der Waals surface area contributed by atoms with Crippen LogP contribution in [0.5, 0.6) is 0 Å². The van der Waals surface area contributed by atoms with Crippen molar-refractivity contribution in [2.24, 2.45) is 5.92 Å². The molecule has 0 aromatic heterocycles. The molecular formula is C10H18O2. The Kier molecular flexibility index (Phi) is 4.83. The summed E-state index contributed by atoms with van der Waals surface area (Å²) in [6.45, 7) is 5.75. The summed E-state index contributed by atoms with van der Waals surface area (Å²) in [6.07, 6.45) is 5.62. The lowest BCUT2D eigenvalue weighted by Crippen LogP contribution is -2.31. The van der Waals surface area contributed by atoms with Gasteiger partial charge in [-0.05, 0) is 19.4 Å². The van der Waals surface area contributed by atoms with Crippen LogP contribution in [0.15, 0.2) is 12.2 Å². The van der Waals surface area contributed by atoms with E-state index < -0.39 is 5.60 Å². The molecular weight excluding hydrogens is 152 g/mol. The lowest BCUT2D eigenvalue weighted by molar-refractivity contribution is -0.104. The summed E-state index contributed by atoms with van der Waals surface area (Å²) < 4.78 is 0. The first-order chi connectivity index (χ1) is 5.54. The van der Waals surface area contributed by atoms with Gasteiger partial charge >= 0.3 is 0 Å². The third kappa shape index (κ3) is 3.67. The van der Waals surface area contributed by atoms with E-state index in [1.165, 1.54) is 6.08 Å². The van der Waals surface area contributed by atoms with Crippen molar-refractivity contribution in [2.45, 2.75) is 39.2 Å². The molecule has 0 fully saturated rings. The van der Waals surface area contributed by atoms with Crippen LogP contribution in [0.4, 0.5) is 0 Å². The molecule has 0 amide bonds. The quantitative estimate of drug-likeness (QED) is 0.505. The number of carbonyl (C=O) groups is 1. The number of carbonyl (C=O) groups excluding carboxylic acids is 1. The van der Waals surface area contributed by atoms with E-state index in [1.807, 2.05) is 13.8 Å². The van der Waals surface area contributed by atoms with Crippen LogP contribution in [0.3, 0.4) is 0 Å². The molecule has 0 bridgehead atoms. The molecule has 2 unspecified atom stereocenters. The average Bonchev–Trinajstić information content (AvgIpc) is 2.00. The van der Waals surface area contributed by atoms with E-state index in [-0.39, 0.29) is 5.92 Å². The maximum absolute atomic E-state index is 10.0. The molecule has 70 valence electrons. The molecule has 2 nitrogen and oxygen atoms in total. The second-order valence-corrected chi connectivity index (χ2v) is 3.42. The highest BCUT2D eigenvalue weighted by atomic mass is 16.3. The van der Waals surface area contributed by atoms with Gasteiger partial charge in [0.05, 0.1) is 5.60 Å². The smallest absolute Gasteiger partial charge is 0.142 e. The molecule has 0 radical (unpaired) electrons. The zero-order valence-corrected chi connectivity index (χ0v) is 8.08. The SMILES string of the molecule is CCCC(C)(O)C(C)/C=C/C=O. The predicted octanol–water partition coefficient (Wildman–Crippen LogP) is 1.93. The molecule has 0 aromatic carbocycles. The highest BCUT2D eigenvalue weighted by Crippen LogP contribution is 2.23. The van der Waals surface area contributed by atoms with Crippen molar-refractivity contribution in [3.8, 4) is 0 Å². The van der Waals surface area contributed by atoms with E-state index in [9.17, 15) is 9.90 Å². The monoisotopic (exact) mass is 170 g/mol. The number of rotatable bonds is 5. The minimum Gasteiger partial charge on any atom is -0.390 e. The summed E-state index contributed by atoms with van der Waals surface area (Å²) in [5.41, 5.74) is -0.686. The zero-order valence-electron chi connectivity index (χ0n) is 8.08. The van der Waals surface area contributed by atoms with E-state index in [1.54, 1.807) is 13.0 Å². The van der Waals surface area contributed by atoms with Gasteiger partial charge in [0.25, 0.3) is 0 Å². The second kappa shape index (κ2) is 5.09. The van der Waals surface area contributed by atoms with Crippen LogP contribution in [0, 0.1) is 5.92 Å². The number of hydrogen-bond acceptors (Lipinski definition) is 2. The highest BCUT2D eigenvalue weighted by molar-refractivity contribution is 5.64. The maximum atomic E-state index is 10.0. The third-order valence-electron chi connectivity index (χ3n) is 2.22. The number of hydrogen-bond donors (Lipinski definition) is 1. The van der Waals surface area contributed by atoms with Crippen molar-refractivity contribution in [1.82, 2.24) is 0 Å². The molecule has 0 aliphatic rings. The Balaban J connectivity index is 4.13. The zero-order chi connectivity index (χ0) is 9.61. The Bertz CT molecular complexity index is 159. The van der Waals surface area contributed by atoms with Gasteiger partial charge in [-0.3, -0.25) is 4.79 Å². The van der Waals surface area contributed by atoms with Crippen LogP contribution >= 0.6 is 0 Å². The summed E-state index contributed by atoms with van der Waals surface area (Å²) >= 11 is 0. The largest absolute Gasteiger partial charge is 0.390 e. The van der Waals surface area contributed by atoms with Crippen molar-refractivity contribution < 1.29 is 9.90 Å². The summed E-state index contributed by atoms with van der Waals surface area (Å²) in [5.74, 6) is 0.0302. The fraction of sp³-hybridized carbons (Fsp3) is 0.700. The Hall–Kier alpha value is -0.630. The van der Waals surface area contributed by atoms with Gasteiger partial charge in [0.15, 0.2) is 0 Å².